The Morgan fingerprint density at radius 1 is 1.00 bits per heavy atom. The van der Waals surface area contributed by atoms with Crippen LogP contribution in [-0.2, 0) is 17.8 Å². The summed E-state index contributed by atoms with van der Waals surface area (Å²) in [5.74, 6) is -0.677. The molecule has 0 saturated carbocycles. The Labute approximate surface area is 218 Å². The van der Waals surface area contributed by atoms with Gasteiger partial charge in [-0.3, -0.25) is 19.0 Å². The average molecular weight is 519 g/mol. The van der Waals surface area contributed by atoms with Crippen molar-refractivity contribution in [3.8, 4) is 5.69 Å². The maximum Gasteiger partial charge on any atom is 0.337 e. The molecule has 8 nitrogen and oxygen atoms in total. The van der Waals surface area contributed by atoms with Crippen molar-refractivity contribution in [3.63, 3.8) is 0 Å². The van der Waals surface area contributed by atoms with Gasteiger partial charge in [0.2, 0.25) is 5.91 Å². The fraction of sp³-hybridized carbons (Fsp3) is 0.286. The number of nitrogens with zero attached hydrogens (tertiary/aromatic N) is 3. The minimum absolute atomic E-state index is 0.258. The first-order chi connectivity index (χ1) is 17.5. The smallest absolute Gasteiger partial charge is 0.337 e. The second kappa shape index (κ2) is 10.2. The second-order valence-electron chi connectivity index (χ2n) is 9.33. The predicted molar refractivity (Wildman–Crippen MR) is 148 cm³/mol. The maximum atomic E-state index is 13.7. The third kappa shape index (κ3) is 4.86. The molecule has 0 radical (unpaired) electrons. The SMILES string of the molecule is CCc1ccc(-n2c(=O)c3c(C)c(C(=O)N(C)C)sc3n(CC(=O)Nc3ccc(C)cc3C)c2=O)cc1. The van der Waals surface area contributed by atoms with Crippen LogP contribution in [0.2, 0.25) is 0 Å². The predicted octanol–water partition coefficient (Wildman–Crippen LogP) is 4.04. The summed E-state index contributed by atoms with van der Waals surface area (Å²) in [6.45, 7) is 7.27. The normalized spacial score (nSPS) is 11.1. The van der Waals surface area contributed by atoms with Crippen molar-refractivity contribution < 1.29 is 9.59 Å². The number of aromatic nitrogens is 2. The zero-order valence-electron chi connectivity index (χ0n) is 21.8. The summed E-state index contributed by atoms with van der Waals surface area (Å²) in [6, 6.07) is 12.9. The third-order valence-corrected chi connectivity index (χ3v) is 7.68. The van der Waals surface area contributed by atoms with E-state index in [0.29, 0.717) is 26.6 Å². The summed E-state index contributed by atoms with van der Waals surface area (Å²) in [5.41, 5.74) is 3.43. The number of hydrogen-bond donors (Lipinski definition) is 1. The molecule has 0 aliphatic heterocycles. The zero-order valence-corrected chi connectivity index (χ0v) is 22.7. The van der Waals surface area contributed by atoms with Gasteiger partial charge in [0.05, 0.1) is 16.0 Å². The van der Waals surface area contributed by atoms with Crippen molar-refractivity contribution in [2.75, 3.05) is 19.4 Å². The summed E-state index contributed by atoms with van der Waals surface area (Å²) in [7, 11) is 3.26. The number of carbonyl (C=O) groups is 2. The number of nitrogens with one attached hydrogen (secondary N) is 1. The number of fused-ring (bicyclic) bond motifs is 1. The third-order valence-electron chi connectivity index (χ3n) is 6.37. The van der Waals surface area contributed by atoms with E-state index < -0.39 is 17.2 Å². The number of amides is 2. The molecule has 2 aromatic heterocycles. The van der Waals surface area contributed by atoms with Gasteiger partial charge in [-0.2, -0.15) is 0 Å². The Kier molecular flexibility index (Phi) is 7.18. The number of aryl methyl sites for hydroxylation is 4. The largest absolute Gasteiger partial charge is 0.344 e. The highest BCUT2D eigenvalue weighted by Gasteiger charge is 2.25. The van der Waals surface area contributed by atoms with Crippen LogP contribution in [0.25, 0.3) is 15.9 Å². The highest BCUT2D eigenvalue weighted by molar-refractivity contribution is 7.20. The van der Waals surface area contributed by atoms with Crippen molar-refractivity contribution in [1.29, 1.82) is 0 Å². The van der Waals surface area contributed by atoms with Gasteiger partial charge in [-0.15, -0.1) is 11.3 Å². The molecule has 9 heteroatoms. The molecule has 0 saturated heterocycles. The molecule has 192 valence electrons. The number of thiophene rings is 1. The summed E-state index contributed by atoms with van der Waals surface area (Å²) < 4.78 is 2.36. The Bertz CT molecular complexity index is 1640. The minimum Gasteiger partial charge on any atom is -0.344 e. The van der Waals surface area contributed by atoms with Crippen LogP contribution in [0.1, 0.15) is 38.8 Å². The number of rotatable bonds is 6. The molecule has 4 aromatic rings. The molecule has 0 unspecified atom stereocenters. The van der Waals surface area contributed by atoms with Crippen LogP contribution in [0.4, 0.5) is 5.69 Å². The molecule has 37 heavy (non-hydrogen) atoms. The minimum atomic E-state index is -0.636. The van der Waals surface area contributed by atoms with Gasteiger partial charge in [0.25, 0.3) is 11.5 Å². The van der Waals surface area contributed by atoms with Crippen molar-refractivity contribution in [2.24, 2.45) is 0 Å². The standard InChI is InChI=1S/C28H30N4O4S/c1-7-19-9-11-20(12-10-19)32-25(34)23-18(4)24(26(35)30(5)6)37-27(23)31(28(32)36)15-22(33)29-21-13-8-16(2)14-17(21)3/h8-14H,7,15H2,1-6H3,(H,29,33). The number of carbonyl (C=O) groups excluding carboxylic acids is 2. The van der Waals surface area contributed by atoms with E-state index in [-0.39, 0.29) is 17.8 Å². The first kappa shape index (κ1) is 26.1. The van der Waals surface area contributed by atoms with E-state index in [1.165, 1.54) is 9.47 Å². The molecule has 2 heterocycles. The van der Waals surface area contributed by atoms with Gasteiger partial charge in [-0.05, 0) is 62.1 Å². The van der Waals surface area contributed by atoms with Crippen molar-refractivity contribution in [1.82, 2.24) is 14.0 Å². The maximum absolute atomic E-state index is 13.7. The van der Waals surface area contributed by atoms with Gasteiger partial charge in [0.1, 0.15) is 11.4 Å². The lowest BCUT2D eigenvalue weighted by Gasteiger charge is -2.14. The monoisotopic (exact) mass is 518 g/mol. The van der Waals surface area contributed by atoms with Crippen LogP contribution in [-0.4, -0.2) is 39.9 Å². The van der Waals surface area contributed by atoms with Gasteiger partial charge < -0.3 is 10.2 Å². The van der Waals surface area contributed by atoms with Crippen molar-refractivity contribution in [2.45, 2.75) is 40.7 Å². The van der Waals surface area contributed by atoms with E-state index in [4.69, 9.17) is 0 Å². The van der Waals surface area contributed by atoms with Gasteiger partial charge in [0, 0.05) is 19.8 Å². The average Bonchev–Trinajstić information content (AvgIpc) is 3.20. The first-order valence-electron chi connectivity index (χ1n) is 12.0. The number of benzene rings is 2. The van der Waals surface area contributed by atoms with Gasteiger partial charge in [-0.25, -0.2) is 9.36 Å². The lowest BCUT2D eigenvalue weighted by molar-refractivity contribution is -0.116. The van der Waals surface area contributed by atoms with Gasteiger partial charge in [-0.1, -0.05) is 36.8 Å². The Hall–Kier alpha value is -3.98. The zero-order chi connectivity index (χ0) is 27.0. The van der Waals surface area contributed by atoms with Crippen LogP contribution in [0.15, 0.2) is 52.1 Å². The Morgan fingerprint density at radius 2 is 1.68 bits per heavy atom. The fourth-order valence-corrected chi connectivity index (χ4v) is 5.60. The number of hydrogen-bond acceptors (Lipinski definition) is 5. The van der Waals surface area contributed by atoms with E-state index >= 15 is 0 Å². The van der Waals surface area contributed by atoms with E-state index in [2.05, 4.69) is 5.32 Å². The molecular formula is C28H30N4O4S. The highest BCUT2D eigenvalue weighted by atomic mass is 32.1. The topological polar surface area (TPSA) is 93.4 Å². The van der Waals surface area contributed by atoms with Crippen LogP contribution in [0.5, 0.6) is 0 Å². The summed E-state index contributed by atoms with van der Waals surface area (Å²) in [4.78, 5) is 55.5. The molecule has 2 aromatic carbocycles. The second-order valence-corrected chi connectivity index (χ2v) is 10.3. The van der Waals surface area contributed by atoms with Crippen molar-refractivity contribution >= 4 is 39.1 Å². The molecule has 0 spiro atoms. The Balaban J connectivity index is 1.92. The molecule has 0 aliphatic rings. The van der Waals surface area contributed by atoms with Crippen LogP contribution in [0.3, 0.4) is 0 Å². The first-order valence-corrected chi connectivity index (χ1v) is 12.8. The fourth-order valence-electron chi connectivity index (χ4n) is 4.29. The summed E-state index contributed by atoms with van der Waals surface area (Å²) >= 11 is 1.06. The molecule has 0 bridgehead atoms. The Morgan fingerprint density at radius 3 is 2.27 bits per heavy atom. The lowest BCUT2D eigenvalue weighted by atomic mass is 10.1. The van der Waals surface area contributed by atoms with Crippen molar-refractivity contribution in [3.05, 3.63) is 90.4 Å². The molecule has 0 atom stereocenters. The lowest BCUT2D eigenvalue weighted by Crippen LogP contribution is -2.40. The molecule has 0 fully saturated rings. The highest BCUT2D eigenvalue weighted by Crippen LogP contribution is 2.29. The molecule has 1 N–H and O–H groups in total. The van der Waals surface area contributed by atoms with E-state index in [1.54, 1.807) is 33.2 Å². The van der Waals surface area contributed by atoms with Crippen LogP contribution in [0, 0.1) is 20.8 Å². The van der Waals surface area contributed by atoms with Gasteiger partial charge in [0.15, 0.2) is 0 Å². The van der Waals surface area contributed by atoms with E-state index in [9.17, 15) is 19.2 Å². The van der Waals surface area contributed by atoms with Gasteiger partial charge >= 0.3 is 5.69 Å². The molecule has 2 amide bonds. The quantitative estimate of drug-likeness (QED) is 0.417. The number of anilines is 1. The summed E-state index contributed by atoms with van der Waals surface area (Å²) in [6.07, 6.45) is 0.816. The van der Waals surface area contributed by atoms with Crippen LogP contribution < -0.4 is 16.6 Å². The molecule has 0 aliphatic carbocycles. The van der Waals surface area contributed by atoms with E-state index in [1.807, 2.05) is 51.1 Å². The van der Waals surface area contributed by atoms with Crippen LogP contribution >= 0.6 is 11.3 Å². The van der Waals surface area contributed by atoms with E-state index in [0.717, 1.165) is 39.0 Å². The summed E-state index contributed by atoms with van der Waals surface area (Å²) in [5, 5.41) is 3.13. The molecular weight excluding hydrogens is 488 g/mol. The molecule has 4 rings (SSSR count).